The van der Waals surface area contributed by atoms with Crippen molar-refractivity contribution in [2.45, 2.75) is 6.54 Å². The summed E-state index contributed by atoms with van der Waals surface area (Å²) in [4.78, 5) is 21.9. The zero-order chi connectivity index (χ0) is 16.8. The van der Waals surface area contributed by atoms with Crippen LogP contribution in [0.25, 0.3) is 0 Å². The molecule has 1 aromatic heterocycles. The molecule has 0 unspecified atom stereocenters. The van der Waals surface area contributed by atoms with E-state index in [1.807, 2.05) is 0 Å². The van der Waals surface area contributed by atoms with Crippen molar-refractivity contribution in [2.75, 3.05) is 12.8 Å². The molecule has 0 fully saturated rings. The molecular weight excluding hydrogens is 308 g/mol. The van der Waals surface area contributed by atoms with Crippen molar-refractivity contribution in [1.29, 1.82) is 0 Å². The van der Waals surface area contributed by atoms with Crippen LogP contribution in [0.1, 0.15) is 5.56 Å². The maximum absolute atomic E-state index is 11.6. The van der Waals surface area contributed by atoms with E-state index in [-0.39, 0.29) is 23.9 Å². The maximum Gasteiger partial charge on any atom is 0.311 e. The number of carbonyl (C=O) groups is 1. The molecule has 0 aliphatic carbocycles. The summed E-state index contributed by atoms with van der Waals surface area (Å²) in [5, 5.41) is 24.8. The molecule has 12 nitrogen and oxygen atoms in total. The SMILES string of the molecule is COc1ccc(/C=N\NC(=O)Cn2nnnc2N)cc1[N+](=O)[O-]. The molecule has 120 valence electrons. The molecule has 0 aliphatic rings. The van der Waals surface area contributed by atoms with Crippen LogP contribution in [-0.2, 0) is 11.3 Å². The quantitative estimate of drug-likeness (QED) is 0.401. The van der Waals surface area contributed by atoms with Gasteiger partial charge in [0.05, 0.1) is 18.2 Å². The summed E-state index contributed by atoms with van der Waals surface area (Å²) in [5.41, 5.74) is 7.86. The van der Waals surface area contributed by atoms with Gasteiger partial charge >= 0.3 is 5.69 Å². The Morgan fingerprint density at radius 2 is 2.39 bits per heavy atom. The molecule has 0 saturated heterocycles. The van der Waals surface area contributed by atoms with E-state index in [4.69, 9.17) is 10.5 Å². The zero-order valence-electron chi connectivity index (χ0n) is 11.9. The molecule has 1 heterocycles. The van der Waals surface area contributed by atoms with E-state index in [1.165, 1.54) is 25.5 Å². The predicted molar refractivity (Wildman–Crippen MR) is 77.6 cm³/mol. The van der Waals surface area contributed by atoms with Crippen LogP contribution in [0.15, 0.2) is 23.3 Å². The van der Waals surface area contributed by atoms with Gasteiger partial charge < -0.3 is 10.5 Å². The molecule has 2 aromatic rings. The van der Waals surface area contributed by atoms with Crippen molar-refractivity contribution in [1.82, 2.24) is 25.6 Å². The number of anilines is 1. The third kappa shape index (κ3) is 3.96. The number of aromatic nitrogens is 4. The monoisotopic (exact) mass is 320 g/mol. The average molecular weight is 320 g/mol. The summed E-state index contributed by atoms with van der Waals surface area (Å²) >= 11 is 0. The number of hydrogen-bond donors (Lipinski definition) is 2. The van der Waals surface area contributed by atoms with Gasteiger partial charge in [0.1, 0.15) is 6.54 Å². The van der Waals surface area contributed by atoms with E-state index in [0.29, 0.717) is 5.56 Å². The van der Waals surface area contributed by atoms with E-state index in [2.05, 4.69) is 26.1 Å². The Morgan fingerprint density at radius 1 is 1.61 bits per heavy atom. The van der Waals surface area contributed by atoms with Crippen molar-refractivity contribution >= 4 is 23.8 Å². The molecule has 0 bridgehead atoms. The highest BCUT2D eigenvalue weighted by atomic mass is 16.6. The highest BCUT2D eigenvalue weighted by Crippen LogP contribution is 2.26. The number of hydrazone groups is 1. The number of benzene rings is 1. The van der Waals surface area contributed by atoms with Crippen LogP contribution < -0.4 is 15.9 Å². The molecule has 12 heteroatoms. The number of rotatable bonds is 6. The number of tetrazole rings is 1. The summed E-state index contributed by atoms with van der Waals surface area (Å²) in [6.45, 7) is -0.209. The zero-order valence-corrected chi connectivity index (χ0v) is 11.9. The molecular formula is C11H12N8O4. The average Bonchev–Trinajstić information content (AvgIpc) is 2.92. The molecule has 0 saturated carbocycles. The minimum absolute atomic E-state index is 0.00471. The van der Waals surface area contributed by atoms with Gasteiger partial charge in [-0.15, -0.1) is 0 Å². The fraction of sp³-hybridized carbons (Fsp3) is 0.182. The number of amides is 1. The number of carbonyl (C=O) groups excluding carboxylic acids is 1. The predicted octanol–water partition coefficient (Wildman–Crippen LogP) is -0.678. The number of nitrogens with two attached hydrogens (primary N) is 1. The second kappa shape index (κ2) is 6.93. The third-order valence-corrected chi connectivity index (χ3v) is 2.66. The minimum atomic E-state index is -0.574. The highest BCUT2D eigenvalue weighted by molar-refractivity contribution is 5.83. The normalized spacial score (nSPS) is 10.7. The minimum Gasteiger partial charge on any atom is -0.490 e. The van der Waals surface area contributed by atoms with Gasteiger partial charge in [-0.1, -0.05) is 5.10 Å². The van der Waals surface area contributed by atoms with Gasteiger partial charge in [-0.05, 0) is 22.6 Å². The molecule has 2 rings (SSSR count). The number of nitrogens with zero attached hydrogens (tertiary/aromatic N) is 6. The Balaban J connectivity index is 2.00. The Morgan fingerprint density at radius 3 is 3.00 bits per heavy atom. The first-order valence-electron chi connectivity index (χ1n) is 6.17. The lowest BCUT2D eigenvalue weighted by Gasteiger charge is -2.02. The van der Waals surface area contributed by atoms with Crippen LogP contribution >= 0.6 is 0 Å². The molecule has 3 N–H and O–H groups in total. The summed E-state index contributed by atoms with van der Waals surface area (Å²) in [6, 6.07) is 4.26. The largest absolute Gasteiger partial charge is 0.490 e. The Bertz CT molecular complexity index is 756. The lowest BCUT2D eigenvalue weighted by atomic mass is 10.2. The fourth-order valence-corrected chi connectivity index (χ4v) is 1.60. The number of nitrogen functional groups attached to an aromatic ring is 1. The van der Waals surface area contributed by atoms with Crippen molar-refractivity contribution < 1.29 is 14.5 Å². The van der Waals surface area contributed by atoms with Gasteiger partial charge in [-0.3, -0.25) is 14.9 Å². The van der Waals surface area contributed by atoms with Gasteiger partial charge in [0.2, 0.25) is 5.95 Å². The first-order chi connectivity index (χ1) is 11.0. The van der Waals surface area contributed by atoms with Crippen molar-refractivity contribution in [3.63, 3.8) is 0 Å². The molecule has 0 spiro atoms. The molecule has 1 aromatic carbocycles. The topological polar surface area (TPSA) is 163 Å². The van der Waals surface area contributed by atoms with Gasteiger partial charge in [0.25, 0.3) is 5.91 Å². The standard InChI is InChI=1S/C11H12N8O4/c1-23-9-3-2-7(4-8(9)19(21)22)5-13-14-10(20)6-18-11(12)15-16-17-18/h2-5H,6H2,1H3,(H,14,20)(H2,12,15,17)/b13-5-. The Hall–Kier alpha value is -3.57. The van der Waals surface area contributed by atoms with E-state index in [1.54, 1.807) is 6.07 Å². The summed E-state index contributed by atoms with van der Waals surface area (Å²) < 4.78 is 5.97. The second-order valence-electron chi connectivity index (χ2n) is 4.18. The van der Waals surface area contributed by atoms with Crippen LogP contribution in [0.4, 0.5) is 11.6 Å². The number of ether oxygens (including phenoxy) is 1. The number of nitrogens with one attached hydrogen (secondary N) is 1. The number of methoxy groups -OCH3 is 1. The van der Waals surface area contributed by atoms with E-state index in [9.17, 15) is 14.9 Å². The van der Waals surface area contributed by atoms with Crippen molar-refractivity contribution in [2.24, 2.45) is 5.10 Å². The summed E-state index contributed by atoms with van der Waals surface area (Å²) in [7, 11) is 1.33. The van der Waals surface area contributed by atoms with Crippen LogP contribution in [0.2, 0.25) is 0 Å². The van der Waals surface area contributed by atoms with E-state index in [0.717, 1.165) is 4.68 Å². The highest BCUT2D eigenvalue weighted by Gasteiger charge is 2.14. The molecule has 0 aliphatic heterocycles. The van der Waals surface area contributed by atoms with Gasteiger partial charge in [-0.25, -0.2) is 10.1 Å². The number of nitro benzene ring substituents is 1. The van der Waals surface area contributed by atoms with Crippen LogP contribution in [0.3, 0.4) is 0 Å². The second-order valence-corrected chi connectivity index (χ2v) is 4.18. The van der Waals surface area contributed by atoms with Gasteiger partial charge in [-0.2, -0.15) is 5.10 Å². The number of hydrogen-bond acceptors (Lipinski definition) is 9. The van der Waals surface area contributed by atoms with Crippen LogP contribution in [-0.4, -0.2) is 44.4 Å². The first kappa shape index (κ1) is 15.8. The Labute approximate surface area is 129 Å². The molecule has 0 radical (unpaired) electrons. The lowest BCUT2D eigenvalue weighted by Crippen LogP contribution is -2.24. The first-order valence-corrected chi connectivity index (χ1v) is 6.17. The van der Waals surface area contributed by atoms with Crippen LogP contribution in [0.5, 0.6) is 5.75 Å². The smallest absolute Gasteiger partial charge is 0.311 e. The van der Waals surface area contributed by atoms with Crippen molar-refractivity contribution in [3.8, 4) is 5.75 Å². The third-order valence-electron chi connectivity index (χ3n) is 2.66. The Kier molecular flexibility index (Phi) is 4.76. The van der Waals surface area contributed by atoms with Crippen molar-refractivity contribution in [3.05, 3.63) is 33.9 Å². The maximum atomic E-state index is 11.6. The van der Waals surface area contributed by atoms with Gasteiger partial charge in [0, 0.05) is 11.6 Å². The summed E-state index contributed by atoms with van der Waals surface area (Å²) in [5.74, 6) is -0.386. The van der Waals surface area contributed by atoms with Gasteiger partial charge in [0.15, 0.2) is 5.75 Å². The van der Waals surface area contributed by atoms with E-state index < -0.39 is 10.8 Å². The molecule has 23 heavy (non-hydrogen) atoms. The fourth-order valence-electron chi connectivity index (χ4n) is 1.60. The lowest BCUT2D eigenvalue weighted by molar-refractivity contribution is -0.385. The molecule has 0 atom stereocenters. The van der Waals surface area contributed by atoms with Crippen LogP contribution in [0, 0.1) is 10.1 Å². The molecule has 1 amide bonds. The number of nitro groups is 1. The summed E-state index contributed by atoms with van der Waals surface area (Å²) in [6.07, 6.45) is 1.26. The van der Waals surface area contributed by atoms with E-state index >= 15 is 0 Å².